The van der Waals surface area contributed by atoms with Crippen LogP contribution in [0.5, 0.6) is 0 Å². The molecule has 112 valence electrons. The zero-order valence-corrected chi connectivity index (χ0v) is 13.6. The van der Waals surface area contributed by atoms with E-state index in [1.807, 2.05) is 0 Å². The number of benzene rings is 2. The van der Waals surface area contributed by atoms with E-state index >= 15 is 0 Å². The maximum atomic E-state index is 6.12. The summed E-state index contributed by atoms with van der Waals surface area (Å²) in [4.78, 5) is 2.40. The Balaban J connectivity index is 2.42. The van der Waals surface area contributed by atoms with E-state index in [4.69, 9.17) is 5.73 Å². The minimum absolute atomic E-state index is 0.218. The molecule has 0 fully saturated rings. The van der Waals surface area contributed by atoms with Crippen LogP contribution in [0.2, 0.25) is 0 Å². The third kappa shape index (κ3) is 3.27. The summed E-state index contributed by atoms with van der Waals surface area (Å²) in [5.41, 5.74) is 12.6. The van der Waals surface area contributed by atoms with Gasteiger partial charge in [-0.3, -0.25) is 0 Å². The maximum Gasteiger partial charge on any atom is 0.0664 e. The third-order valence-corrected chi connectivity index (χ3v) is 4.28. The minimum atomic E-state index is 0.218. The Kier molecular flexibility index (Phi) is 5.03. The van der Waals surface area contributed by atoms with Crippen molar-refractivity contribution in [2.45, 2.75) is 33.7 Å². The normalized spacial score (nSPS) is 12.2. The van der Waals surface area contributed by atoms with Gasteiger partial charge in [0.1, 0.15) is 0 Å². The average Bonchev–Trinajstić information content (AvgIpc) is 2.49. The first-order chi connectivity index (χ1) is 10.1. The second-order valence-corrected chi connectivity index (χ2v) is 5.67. The van der Waals surface area contributed by atoms with Crippen molar-refractivity contribution in [3.8, 4) is 0 Å². The second-order valence-electron chi connectivity index (χ2n) is 5.67. The quantitative estimate of drug-likeness (QED) is 0.893. The van der Waals surface area contributed by atoms with E-state index in [0.29, 0.717) is 6.54 Å². The molecular weight excluding hydrogens is 256 g/mol. The zero-order valence-electron chi connectivity index (χ0n) is 13.6. The molecule has 0 bridgehead atoms. The molecule has 0 aliphatic carbocycles. The number of nitrogens with zero attached hydrogens (tertiary/aromatic N) is 1. The van der Waals surface area contributed by atoms with Crippen molar-refractivity contribution in [2.75, 3.05) is 18.0 Å². The van der Waals surface area contributed by atoms with E-state index in [1.54, 1.807) is 0 Å². The Morgan fingerprint density at radius 3 is 2.24 bits per heavy atom. The van der Waals surface area contributed by atoms with Crippen LogP contribution in [0.3, 0.4) is 0 Å². The molecule has 21 heavy (non-hydrogen) atoms. The van der Waals surface area contributed by atoms with Crippen molar-refractivity contribution in [1.82, 2.24) is 0 Å². The molecule has 0 aromatic heterocycles. The standard InChI is InChI=1S/C19H26N2/c1-5-21(18-9-7-6-8-15(18)3)19(13-20)17-11-10-14(2)16(4)12-17/h6-12,19H,5,13,20H2,1-4H3. The highest BCUT2D eigenvalue weighted by Crippen LogP contribution is 2.29. The van der Waals surface area contributed by atoms with Crippen molar-refractivity contribution in [3.63, 3.8) is 0 Å². The maximum absolute atomic E-state index is 6.12. The summed E-state index contributed by atoms with van der Waals surface area (Å²) >= 11 is 0. The summed E-state index contributed by atoms with van der Waals surface area (Å²) in [5, 5.41) is 0. The van der Waals surface area contributed by atoms with E-state index in [1.165, 1.54) is 27.9 Å². The lowest BCUT2D eigenvalue weighted by Gasteiger charge is -2.34. The highest BCUT2D eigenvalue weighted by Gasteiger charge is 2.19. The molecule has 0 saturated heterocycles. The predicted octanol–water partition coefficient (Wildman–Crippen LogP) is 4.14. The molecular formula is C19H26N2. The van der Waals surface area contributed by atoms with Gasteiger partial charge in [-0.05, 0) is 56.0 Å². The van der Waals surface area contributed by atoms with Gasteiger partial charge in [-0.1, -0.05) is 36.4 Å². The minimum Gasteiger partial charge on any atom is -0.363 e. The molecule has 2 heteroatoms. The lowest BCUT2D eigenvalue weighted by Crippen LogP contribution is -2.34. The Labute approximate surface area is 128 Å². The van der Waals surface area contributed by atoms with Gasteiger partial charge in [0.2, 0.25) is 0 Å². The Hall–Kier alpha value is -1.80. The van der Waals surface area contributed by atoms with Crippen LogP contribution in [0.4, 0.5) is 5.69 Å². The van der Waals surface area contributed by atoms with Crippen LogP contribution >= 0.6 is 0 Å². The summed E-state index contributed by atoms with van der Waals surface area (Å²) in [6, 6.07) is 15.4. The van der Waals surface area contributed by atoms with Crippen LogP contribution in [0.25, 0.3) is 0 Å². The lowest BCUT2D eigenvalue weighted by atomic mass is 9.99. The third-order valence-electron chi connectivity index (χ3n) is 4.28. The molecule has 2 rings (SSSR count). The van der Waals surface area contributed by atoms with Gasteiger partial charge in [0.25, 0.3) is 0 Å². The molecule has 1 atom stereocenters. The highest BCUT2D eigenvalue weighted by atomic mass is 15.2. The number of rotatable bonds is 5. The van der Waals surface area contributed by atoms with Crippen LogP contribution in [-0.4, -0.2) is 13.1 Å². The molecule has 0 spiro atoms. The topological polar surface area (TPSA) is 29.3 Å². The highest BCUT2D eigenvalue weighted by molar-refractivity contribution is 5.55. The molecule has 0 radical (unpaired) electrons. The number of hydrogen-bond acceptors (Lipinski definition) is 2. The molecule has 0 heterocycles. The lowest BCUT2D eigenvalue weighted by molar-refractivity contribution is 0.641. The van der Waals surface area contributed by atoms with E-state index in [2.05, 4.69) is 75.1 Å². The van der Waals surface area contributed by atoms with Crippen LogP contribution in [0, 0.1) is 20.8 Å². The summed E-state index contributed by atoms with van der Waals surface area (Å²) in [6.07, 6.45) is 0. The molecule has 2 N–H and O–H groups in total. The first-order valence-electron chi connectivity index (χ1n) is 7.68. The van der Waals surface area contributed by atoms with Crippen molar-refractivity contribution in [3.05, 3.63) is 64.7 Å². The van der Waals surface area contributed by atoms with Crippen LogP contribution in [0.1, 0.15) is 35.2 Å². The van der Waals surface area contributed by atoms with Gasteiger partial charge in [0.15, 0.2) is 0 Å². The number of likely N-dealkylation sites (N-methyl/N-ethyl adjacent to an activating group) is 1. The van der Waals surface area contributed by atoms with Crippen molar-refractivity contribution in [1.29, 1.82) is 0 Å². The Morgan fingerprint density at radius 2 is 1.67 bits per heavy atom. The predicted molar refractivity (Wildman–Crippen MR) is 91.9 cm³/mol. The van der Waals surface area contributed by atoms with E-state index in [9.17, 15) is 0 Å². The zero-order chi connectivity index (χ0) is 15.4. The van der Waals surface area contributed by atoms with Crippen LogP contribution in [-0.2, 0) is 0 Å². The summed E-state index contributed by atoms with van der Waals surface area (Å²) in [5.74, 6) is 0. The van der Waals surface area contributed by atoms with E-state index in [-0.39, 0.29) is 6.04 Å². The van der Waals surface area contributed by atoms with Crippen molar-refractivity contribution < 1.29 is 0 Å². The summed E-state index contributed by atoms with van der Waals surface area (Å²) in [7, 11) is 0. The van der Waals surface area contributed by atoms with Crippen molar-refractivity contribution in [2.24, 2.45) is 5.73 Å². The van der Waals surface area contributed by atoms with E-state index < -0.39 is 0 Å². The van der Waals surface area contributed by atoms with Gasteiger partial charge in [-0.15, -0.1) is 0 Å². The second kappa shape index (κ2) is 6.77. The monoisotopic (exact) mass is 282 g/mol. The van der Waals surface area contributed by atoms with Gasteiger partial charge < -0.3 is 10.6 Å². The van der Waals surface area contributed by atoms with Gasteiger partial charge >= 0.3 is 0 Å². The fourth-order valence-electron chi connectivity index (χ4n) is 2.86. The van der Waals surface area contributed by atoms with Crippen LogP contribution < -0.4 is 10.6 Å². The Morgan fingerprint density at radius 1 is 0.952 bits per heavy atom. The number of hydrogen-bond donors (Lipinski definition) is 1. The molecule has 0 saturated carbocycles. The van der Waals surface area contributed by atoms with Gasteiger partial charge in [0, 0.05) is 18.8 Å². The number of para-hydroxylation sites is 1. The van der Waals surface area contributed by atoms with Gasteiger partial charge in [-0.2, -0.15) is 0 Å². The largest absolute Gasteiger partial charge is 0.363 e. The molecule has 2 nitrogen and oxygen atoms in total. The Bertz CT molecular complexity index is 604. The molecule has 1 unspecified atom stereocenters. The summed E-state index contributed by atoms with van der Waals surface area (Å²) < 4.78 is 0. The average molecular weight is 282 g/mol. The molecule has 0 amide bonds. The number of anilines is 1. The fraction of sp³-hybridized carbons (Fsp3) is 0.368. The summed E-state index contributed by atoms with van der Waals surface area (Å²) in [6.45, 7) is 10.2. The van der Waals surface area contributed by atoms with Gasteiger partial charge in [-0.25, -0.2) is 0 Å². The smallest absolute Gasteiger partial charge is 0.0664 e. The van der Waals surface area contributed by atoms with Crippen LogP contribution in [0.15, 0.2) is 42.5 Å². The fourth-order valence-corrected chi connectivity index (χ4v) is 2.86. The molecule has 0 aliphatic heterocycles. The number of nitrogens with two attached hydrogens (primary N) is 1. The number of aryl methyl sites for hydroxylation is 3. The molecule has 0 aliphatic rings. The van der Waals surface area contributed by atoms with Gasteiger partial charge in [0.05, 0.1) is 6.04 Å². The van der Waals surface area contributed by atoms with Crippen molar-refractivity contribution >= 4 is 5.69 Å². The molecule has 2 aromatic rings. The first kappa shape index (κ1) is 15.6. The first-order valence-corrected chi connectivity index (χ1v) is 7.68. The van der Waals surface area contributed by atoms with E-state index in [0.717, 1.165) is 6.54 Å². The SMILES string of the molecule is CCN(c1ccccc1C)C(CN)c1ccc(C)c(C)c1. The molecule has 2 aromatic carbocycles.